The van der Waals surface area contributed by atoms with Crippen molar-refractivity contribution in [2.45, 2.75) is 19.8 Å². The van der Waals surface area contributed by atoms with E-state index in [1.165, 1.54) is 0 Å². The van der Waals surface area contributed by atoms with Crippen LogP contribution in [0, 0.1) is 0 Å². The molecule has 5 heteroatoms. The molecule has 0 atom stereocenters. The quantitative estimate of drug-likeness (QED) is 0.852. The third-order valence-electron chi connectivity index (χ3n) is 3.50. The van der Waals surface area contributed by atoms with Crippen molar-refractivity contribution in [3.63, 3.8) is 0 Å². The summed E-state index contributed by atoms with van der Waals surface area (Å²) >= 11 is 0. The Hall–Kier alpha value is -2.17. The molecule has 3 heterocycles. The summed E-state index contributed by atoms with van der Waals surface area (Å²) in [7, 11) is 0. The summed E-state index contributed by atoms with van der Waals surface area (Å²) < 4.78 is 5.62. The number of hydrogen-bond acceptors (Lipinski definition) is 5. The minimum atomic E-state index is 0.632. The molecule has 0 spiro atoms. The maximum absolute atomic E-state index is 5.62. The minimum Gasteiger partial charge on any atom is -0.478 e. The zero-order chi connectivity index (χ0) is 13.8. The predicted molar refractivity (Wildman–Crippen MR) is 77.1 cm³/mol. The number of ether oxygens (including phenoxy) is 1. The Morgan fingerprint density at radius 2 is 2.05 bits per heavy atom. The smallest absolute Gasteiger partial charge is 0.219 e. The lowest BCUT2D eigenvalue weighted by atomic mass is 10.1. The Morgan fingerprint density at radius 3 is 2.85 bits per heavy atom. The van der Waals surface area contributed by atoms with Gasteiger partial charge in [-0.1, -0.05) is 6.07 Å². The average Bonchev–Trinajstić information content (AvgIpc) is 2.72. The van der Waals surface area contributed by atoms with Gasteiger partial charge in [-0.05, 0) is 25.5 Å². The molecule has 0 N–H and O–H groups in total. The summed E-state index contributed by atoms with van der Waals surface area (Å²) in [5.41, 5.74) is 2.25. The molecule has 1 aliphatic heterocycles. The van der Waals surface area contributed by atoms with Crippen molar-refractivity contribution in [2.24, 2.45) is 0 Å². The van der Waals surface area contributed by atoms with Crippen molar-refractivity contribution < 1.29 is 4.74 Å². The molecule has 0 unspecified atom stereocenters. The van der Waals surface area contributed by atoms with Crippen molar-refractivity contribution in [3.8, 4) is 5.88 Å². The lowest BCUT2D eigenvalue weighted by Gasteiger charge is -2.20. The summed E-state index contributed by atoms with van der Waals surface area (Å²) in [6, 6.07) is 6.01. The monoisotopic (exact) mass is 270 g/mol. The first-order chi connectivity index (χ1) is 9.88. The molecule has 0 saturated heterocycles. The Kier molecular flexibility index (Phi) is 3.76. The number of nitrogens with zero attached hydrogens (tertiary/aromatic N) is 4. The van der Waals surface area contributed by atoms with Crippen LogP contribution < -0.4 is 9.64 Å². The van der Waals surface area contributed by atoms with E-state index in [9.17, 15) is 0 Å². The van der Waals surface area contributed by atoms with Crippen LogP contribution in [0.5, 0.6) is 5.88 Å². The van der Waals surface area contributed by atoms with E-state index in [0.29, 0.717) is 6.61 Å². The highest BCUT2D eigenvalue weighted by molar-refractivity contribution is 5.41. The summed E-state index contributed by atoms with van der Waals surface area (Å²) in [6.45, 7) is 4.45. The summed E-state index contributed by atoms with van der Waals surface area (Å²) in [5, 5.41) is 0. The van der Waals surface area contributed by atoms with Gasteiger partial charge in [-0.2, -0.15) is 0 Å². The number of aromatic nitrogens is 3. The van der Waals surface area contributed by atoms with E-state index in [4.69, 9.17) is 4.74 Å². The molecule has 3 rings (SSSR count). The van der Waals surface area contributed by atoms with Crippen molar-refractivity contribution in [1.29, 1.82) is 0 Å². The molecule has 20 heavy (non-hydrogen) atoms. The first-order valence-corrected chi connectivity index (χ1v) is 7.00. The van der Waals surface area contributed by atoms with E-state index in [-0.39, 0.29) is 0 Å². The van der Waals surface area contributed by atoms with E-state index in [1.807, 2.05) is 31.3 Å². The molecule has 0 amide bonds. The second-order valence-corrected chi connectivity index (χ2v) is 4.71. The van der Waals surface area contributed by atoms with E-state index in [0.717, 1.165) is 48.9 Å². The highest BCUT2D eigenvalue weighted by atomic mass is 16.5. The SMILES string of the molecule is CCOc1ncnc2c1CCN(c1ccccn1)CC2. The fraction of sp³-hybridized carbons (Fsp3) is 0.400. The van der Waals surface area contributed by atoms with Gasteiger partial charge in [-0.3, -0.25) is 0 Å². The van der Waals surface area contributed by atoms with Crippen LogP contribution in [-0.4, -0.2) is 34.6 Å². The van der Waals surface area contributed by atoms with Gasteiger partial charge in [0.1, 0.15) is 12.1 Å². The molecule has 0 fully saturated rings. The summed E-state index contributed by atoms with van der Waals surface area (Å²) in [6.07, 6.45) is 5.22. The van der Waals surface area contributed by atoms with E-state index >= 15 is 0 Å². The van der Waals surface area contributed by atoms with Crippen LogP contribution in [0.2, 0.25) is 0 Å². The normalized spacial score (nSPS) is 14.6. The van der Waals surface area contributed by atoms with Crippen molar-refractivity contribution >= 4 is 5.82 Å². The van der Waals surface area contributed by atoms with Gasteiger partial charge < -0.3 is 9.64 Å². The maximum atomic E-state index is 5.62. The molecule has 5 nitrogen and oxygen atoms in total. The molecule has 0 aliphatic carbocycles. The van der Waals surface area contributed by atoms with Gasteiger partial charge >= 0.3 is 0 Å². The topological polar surface area (TPSA) is 51.1 Å². The predicted octanol–water partition coefficient (Wildman–Crippen LogP) is 1.88. The van der Waals surface area contributed by atoms with Gasteiger partial charge in [0.05, 0.1) is 12.3 Å². The summed E-state index contributed by atoms with van der Waals surface area (Å²) in [4.78, 5) is 15.4. The Labute approximate surface area is 118 Å². The van der Waals surface area contributed by atoms with E-state index in [1.54, 1.807) is 6.33 Å². The molecule has 0 bridgehead atoms. The fourth-order valence-corrected chi connectivity index (χ4v) is 2.53. The minimum absolute atomic E-state index is 0.632. The van der Waals surface area contributed by atoms with Gasteiger partial charge in [-0.15, -0.1) is 0 Å². The second-order valence-electron chi connectivity index (χ2n) is 4.71. The van der Waals surface area contributed by atoms with Gasteiger partial charge in [0.15, 0.2) is 0 Å². The third kappa shape index (κ3) is 2.57. The fourth-order valence-electron chi connectivity index (χ4n) is 2.53. The number of hydrogen-bond donors (Lipinski definition) is 0. The first-order valence-electron chi connectivity index (χ1n) is 7.00. The Morgan fingerprint density at radius 1 is 1.15 bits per heavy atom. The average molecular weight is 270 g/mol. The molecule has 0 aromatic carbocycles. The lowest BCUT2D eigenvalue weighted by molar-refractivity contribution is 0.321. The number of anilines is 1. The second kappa shape index (κ2) is 5.86. The van der Waals surface area contributed by atoms with E-state index in [2.05, 4.69) is 19.9 Å². The van der Waals surface area contributed by atoms with Crippen molar-refractivity contribution in [2.75, 3.05) is 24.6 Å². The van der Waals surface area contributed by atoms with Crippen LogP contribution in [0.1, 0.15) is 18.2 Å². The van der Waals surface area contributed by atoms with Gasteiger partial charge in [-0.25, -0.2) is 15.0 Å². The first kappa shape index (κ1) is 12.8. The number of fused-ring (bicyclic) bond motifs is 1. The zero-order valence-corrected chi connectivity index (χ0v) is 11.6. The molecule has 2 aromatic heterocycles. The molecule has 1 aliphatic rings. The van der Waals surface area contributed by atoms with Crippen molar-refractivity contribution in [3.05, 3.63) is 42.0 Å². The summed E-state index contributed by atoms with van der Waals surface area (Å²) in [5.74, 6) is 1.76. The Bertz CT molecular complexity index is 573. The third-order valence-corrected chi connectivity index (χ3v) is 3.50. The van der Waals surface area contributed by atoms with E-state index < -0.39 is 0 Å². The number of rotatable bonds is 3. The van der Waals surface area contributed by atoms with Crippen LogP contribution in [0.4, 0.5) is 5.82 Å². The largest absolute Gasteiger partial charge is 0.478 e. The molecule has 104 valence electrons. The molecule has 2 aromatic rings. The van der Waals surface area contributed by atoms with Crippen LogP contribution in [0.25, 0.3) is 0 Å². The maximum Gasteiger partial charge on any atom is 0.219 e. The molecular weight excluding hydrogens is 252 g/mol. The molecule has 0 radical (unpaired) electrons. The Balaban J connectivity index is 1.83. The lowest BCUT2D eigenvalue weighted by Crippen LogP contribution is -2.26. The number of pyridine rings is 1. The highest BCUT2D eigenvalue weighted by Gasteiger charge is 2.19. The van der Waals surface area contributed by atoms with Gasteiger partial charge in [0, 0.05) is 31.3 Å². The zero-order valence-electron chi connectivity index (χ0n) is 11.6. The van der Waals surface area contributed by atoms with Gasteiger partial charge in [0.25, 0.3) is 0 Å². The van der Waals surface area contributed by atoms with Crippen molar-refractivity contribution in [1.82, 2.24) is 15.0 Å². The molecule has 0 saturated carbocycles. The van der Waals surface area contributed by atoms with Crippen LogP contribution in [0.3, 0.4) is 0 Å². The molecular formula is C15H18N4O. The van der Waals surface area contributed by atoms with Crippen LogP contribution in [-0.2, 0) is 12.8 Å². The van der Waals surface area contributed by atoms with Crippen LogP contribution in [0.15, 0.2) is 30.7 Å². The van der Waals surface area contributed by atoms with Gasteiger partial charge in [0.2, 0.25) is 5.88 Å². The standard InChI is InChI=1S/C15H18N4O/c1-2-20-15-12-6-9-19(14-5-3-4-8-16-14)10-7-13(12)17-11-18-15/h3-5,8,11H,2,6-7,9-10H2,1H3. The highest BCUT2D eigenvalue weighted by Crippen LogP contribution is 2.23. The van der Waals surface area contributed by atoms with Crippen LogP contribution >= 0.6 is 0 Å².